The summed E-state index contributed by atoms with van der Waals surface area (Å²) in [6.07, 6.45) is 1.62. The number of benzene rings is 3. The molecule has 1 heterocycles. The monoisotopic (exact) mass is 404 g/mol. The van der Waals surface area contributed by atoms with Gasteiger partial charge in [-0.1, -0.05) is 48.0 Å². The Kier molecular flexibility index (Phi) is 4.90. The first-order valence-corrected chi connectivity index (χ1v) is 10.6. The third-order valence-corrected chi connectivity index (χ3v) is 6.00. The number of anilines is 1. The summed E-state index contributed by atoms with van der Waals surface area (Å²) in [5.74, 6) is 0.544. The van der Waals surface area contributed by atoms with E-state index in [1.807, 2.05) is 48.9 Å². The van der Waals surface area contributed by atoms with Gasteiger partial charge in [0, 0.05) is 18.8 Å². The average molecular weight is 404 g/mol. The fourth-order valence-electron chi connectivity index (χ4n) is 3.00. The van der Waals surface area contributed by atoms with Crippen molar-refractivity contribution in [2.75, 3.05) is 4.72 Å². The first kappa shape index (κ1) is 18.9. The molecule has 4 rings (SSSR count). The Morgan fingerprint density at radius 1 is 0.966 bits per heavy atom. The van der Waals surface area contributed by atoms with Gasteiger partial charge < -0.3 is 4.57 Å². The summed E-state index contributed by atoms with van der Waals surface area (Å²) in [6.45, 7) is 1.91. The van der Waals surface area contributed by atoms with Crippen molar-refractivity contribution in [3.05, 3.63) is 83.9 Å². The molecule has 0 bridgehead atoms. The summed E-state index contributed by atoms with van der Waals surface area (Å²) in [5, 5.41) is 0. The summed E-state index contributed by atoms with van der Waals surface area (Å²) in [5.41, 5.74) is 3.94. The van der Waals surface area contributed by atoms with E-state index in [2.05, 4.69) is 14.7 Å². The minimum Gasteiger partial charge on any atom is -0.311 e. The van der Waals surface area contributed by atoms with Crippen LogP contribution in [0.25, 0.3) is 11.0 Å². The van der Waals surface area contributed by atoms with Crippen LogP contribution in [0.2, 0.25) is 0 Å². The molecule has 0 amide bonds. The molecule has 1 aromatic heterocycles. The van der Waals surface area contributed by atoms with Crippen molar-refractivity contribution < 1.29 is 8.42 Å². The van der Waals surface area contributed by atoms with Crippen molar-refractivity contribution in [1.29, 1.82) is 0 Å². The molecule has 6 nitrogen and oxygen atoms in total. The molecule has 0 saturated carbocycles. The van der Waals surface area contributed by atoms with Crippen molar-refractivity contribution in [2.24, 2.45) is 12.0 Å². The molecule has 29 heavy (non-hydrogen) atoms. The Bertz CT molecular complexity index is 1310. The van der Waals surface area contributed by atoms with Crippen LogP contribution in [0, 0.1) is 6.92 Å². The summed E-state index contributed by atoms with van der Waals surface area (Å²) < 4.78 is 30.0. The van der Waals surface area contributed by atoms with Crippen LogP contribution in [0.5, 0.6) is 0 Å². The predicted octanol–water partition coefficient (Wildman–Crippen LogP) is 4.43. The Labute approximate surface area is 169 Å². The number of aromatic nitrogens is 2. The van der Waals surface area contributed by atoms with Crippen LogP contribution in [-0.2, 0) is 17.1 Å². The molecule has 7 heteroatoms. The maximum absolute atomic E-state index is 12.7. The smallest absolute Gasteiger partial charge is 0.261 e. The highest BCUT2D eigenvalue weighted by molar-refractivity contribution is 7.92. The highest BCUT2D eigenvalue weighted by Crippen LogP contribution is 2.22. The van der Waals surface area contributed by atoms with E-state index >= 15 is 0 Å². The van der Waals surface area contributed by atoms with Gasteiger partial charge in [0.25, 0.3) is 10.0 Å². The fraction of sp³-hybridized carbons (Fsp3) is 0.0909. The lowest BCUT2D eigenvalue weighted by Gasteiger charge is -2.10. The number of fused-ring (bicyclic) bond motifs is 1. The van der Waals surface area contributed by atoms with Gasteiger partial charge in [-0.2, -0.15) is 0 Å². The average Bonchev–Trinajstić information content (AvgIpc) is 3.03. The van der Waals surface area contributed by atoms with Crippen molar-refractivity contribution in [1.82, 2.24) is 9.55 Å². The topological polar surface area (TPSA) is 76.3 Å². The highest BCUT2D eigenvalue weighted by Gasteiger charge is 2.15. The Morgan fingerprint density at radius 3 is 2.41 bits per heavy atom. The van der Waals surface area contributed by atoms with E-state index in [-0.39, 0.29) is 4.90 Å². The summed E-state index contributed by atoms with van der Waals surface area (Å²) in [6, 6.07) is 21.6. The SMILES string of the molecule is Cc1ccc(S(=O)(=O)Nc2ccccc2C=Nc2nc3ccccc3n2C)cc1. The quantitative estimate of drug-likeness (QED) is 0.500. The van der Waals surface area contributed by atoms with Crippen LogP contribution >= 0.6 is 0 Å². The van der Waals surface area contributed by atoms with Crippen LogP contribution in [0.3, 0.4) is 0 Å². The number of rotatable bonds is 5. The number of aryl methyl sites for hydroxylation is 2. The van der Waals surface area contributed by atoms with Crippen molar-refractivity contribution >= 4 is 38.9 Å². The van der Waals surface area contributed by atoms with E-state index in [4.69, 9.17) is 0 Å². The van der Waals surface area contributed by atoms with Gasteiger partial charge in [0.15, 0.2) is 0 Å². The molecule has 0 aliphatic heterocycles. The minimum absolute atomic E-state index is 0.213. The number of imidazole rings is 1. The van der Waals surface area contributed by atoms with Crippen LogP contribution in [0.1, 0.15) is 11.1 Å². The number of hydrogen-bond donors (Lipinski definition) is 1. The molecule has 0 aliphatic carbocycles. The number of aliphatic imine (C=N–C) groups is 1. The molecule has 3 aromatic carbocycles. The molecule has 1 N–H and O–H groups in total. The van der Waals surface area contributed by atoms with Gasteiger partial charge in [0.1, 0.15) is 0 Å². The van der Waals surface area contributed by atoms with Crippen molar-refractivity contribution in [3.8, 4) is 0 Å². The molecule has 4 aromatic rings. The molecule has 0 atom stereocenters. The largest absolute Gasteiger partial charge is 0.311 e. The van der Waals surface area contributed by atoms with Gasteiger partial charge in [-0.25, -0.2) is 18.4 Å². The van der Waals surface area contributed by atoms with E-state index in [1.54, 1.807) is 48.7 Å². The third-order valence-electron chi connectivity index (χ3n) is 4.62. The number of para-hydroxylation sites is 3. The number of sulfonamides is 1. The normalized spacial score (nSPS) is 11.9. The Balaban J connectivity index is 1.65. The Morgan fingerprint density at radius 2 is 1.66 bits per heavy atom. The van der Waals surface area contributed by atoms with Crippen LogP contribution in [0.4, 0.5) is 11.6 Å². The second-order valence-corrected chi connectivity index (χ2v) is 8.41. The molecule has 0 aliphatic rings. The fourth-order valence-corrected chi connectivity index (χ4v) is 4.09. The molecule has 146 valence electrons. The van der Waals surface area contributed by atoms with Crippen LogP contribution in [0.15, 0.2) is 82.7 Å². The predicted molar refractivity (Wildman–Crippen MR) is 116 cm³/mol. The van der Waals surface area contributed by atoms with E-state index in [0.717, 1.165) is 16.6 Å². The summed E-state index contributed by atoms with van der Waals surface area (Å²) in [7, 11) is -1.80. The molecule has 0 saturated heterocycles. The summed E-state index contributed by atoms with van der Waals surface area (Å²) in [4.78, 5) is 9.21. The van der Waals surface area contributed by atoms with Gasteiger partial charge in [-0.05, 0) is 37.3 Å². The van der Waals surface area contributed by atoms with Crippen molar-refractivity contribution in [3.63, 3.8) is 0 Å². The Hall–Kier alpha value is -3.45. The van der Waals surface area contributed by atoms with E-state index in [0.29, 0.717) is 17.2 Å². The standard InChI is InChI=1S/C22H20N4O2S/c1-16-11-13-18(14-12-16)29(27,28)25-19-8-4-3-7-17(19)15-23-22-24-20-9-5-6-10-21(20)26(22)2/h3-15,25H,1-2H3. The van der Waals surface area contributed by atoms with E-state index in [1.165, 1.54) is 0 Å². The zero-order chi connectivity index (χ0) is 20.4. The third kappa shape index (κ3) is 3.90. The van der Waals surface area contributed by atoms with Gasteiger partial charge in [0.2, 0.25) is 5.95 Å². The lowest BCUT2D eigenvalue weighted by Crippen LogP contribution is -2.14. The van der Waals surface area contributed by atoms with Gasteiger partial charge in [-0.3, -0.25) is 4.72 Å². The summed E-state index contributed by atoms with van der Waals surface area (Å²) >= 11 is 0. The molecule has 0 unspecified atom stereocenters. The lowest BCUT2D eigenvalue weighted by atomic mass is 10.2. The second kappa shape index (κ2) is 7.52. The van der Waals surface area contributed by atoms with Crippen LogP contribution in [-0.4, -0.2) is 24.2 Å². The first-order chi connectivity index (χ1) is 13.9. The van der Waals surface area contributed by atoms with Gasteiger partial charge in [-0.15, -0.1) is 0 Å². The highest BCUT2D eigenvalue weighted by atomic mass is 32.2. The zero-order valence-corrected chi connectivity index (χ0v) is 16.9. The number of nitrogens with one attached hydrogen (secondary N) is 1. The number of nitrogens with zero attached hydrogens (tertiary/aromatic N) is 3. The number of hydrogen-bond acceptors (Lipinski definition) is 4. The molecular weight excluding hydrogens is 384 g/mol. The molecule has 0 radical (unpaired) electrons. The second-order valence-electron chi connectivity index (χ2n) is 6.72. The molecule has 0 spiro atoms. The van der Waals surface area contributed by atoms with Gasteiger partial charge in [0.05, 0.1) is 21.6 Å². The van der Waals surface area contributed by atoms with Gasteiger partial charge >= 0.3 is 0 Å². The maximum atomic E-state index is 12.7. The first-order valence-electron chi connectivity index (χ1n) is 9.08. The maximum Gasteiger partial charge on any atom is 0.261 e. The molecule has 0 fully saturated rings. The molecular formula is C22H20N4O2S. The minimum atomic E-state index is -3.70. The lowest BCUT2D eigenvalue weighted by molar-refractivity contribution is 0.601. The van der Waals surface area contributed by atoms with Crippen LogP contribution < -0.4 is 4.72 Å². The zero-order valence-electron chi connectivity index (χ0n) is 16.1. The van der Waals surface area contributed by atoms with Crippen molar-refractivity contribution in [2.45, 2.75) is 11.8 Å². The van der Waals surface area contributed by atoms with E-state index in [9.17, 15) is 8.42 Å². The van der Waals surface area contributed by atoms with E-state index < -0.39 is 10.0 Å².